The molecule has 1 amide bonds. The predicted octanol–water partition coefficient (Wildman–Crippen LogP) is 4.41. The summed E-state index contributed by atoms with van der Waals surface area (Å²) in [6.07, 6.45) is 4.19. The Hall–Kier alpha value is -2.88. The van der Waals surface area contributed by atoms with Crippen LogP contribution in [0.3, 0.4) is 0 Å². The lowest BCUT2D eigenvalue weighted by atomic mass is 10.0. The average Bonchev–Trinajstić information content (AvgIpc) is 2.74. The van der Waals surface area contributed by atoms with E-state index in [1.165, 1.54) is 5.56 Å². The van der Waals surface area contributed by atoms with E-state index in [1.54, 1.807) is 12.3 Å². The summed E-state index contributed by atoms with van der Waals surface area (Å²) in [5, 5.41) is 0.586. The van der Waals surface area contributed by atoms with Gasteiger partial charge in [0.05, 0.1) is 5.52 Å². The maximum Gasteiger partial charge on any atom is 0.259 e. The zero-order chi connectivity index (χ0) is 20.1. The van der Waals surface area contributed by atoms with Gasteiger partial charge < -0.3 is 9.47 Å². The molecule has 0 aliphatic rings. The van der Waals surface area contributed by atoms with E-state index < -0.39 is 0 Å². The maximum absolute atomic E-state index is 13.5. The third-order valence-corrected chi connectivity index (χ3v) is 5.45. The summed E-state index contributed by atoms with van der Waals surface area (Å²) in [5.74, 6) is -0.170. The molecule has 3 aromatic rings. The van der Waals surface area contributed by atoms with Crippen molar-refractivity contribution in [3.05, 3.63) is 82.1 Å². The molecule has 0 aliphatic carbocycles. The van der Waals surface area contributed by atoms with E-state index in [1.807, 2.05) is 52.9 Å². The monoisotopic (exact) mass is 376 g/mol. The molecule has 28 heavy (non-hydrogen) atoms. The normalized spacial score (nSPS) is 11.1. The van der Waals surface area contributed by atoms with Crippen LogP contribution in [-0.2, 0) is 13.5 Å². The first-order chi connectivity index (χ1) is 13.6. The highest BCUT2D eigenvalue weighted by molar-refractivity contribution is 5.97. The highest BCUT2D eigenvalue weighted by atomic mass is 16.2. The smallest absolute Gasteiger partial charge is 0.259 e. The highest BCUT2D eigenvalue weighted by Crippen LogP contribution is 2.16. The largest absolute Gasteiger partial charge is 0.350 e. The number of rotatable bonds is 7. The molecule has 4 nitrogen and oxygen atoms in total. The number of pyridine rings is 1. The van der Waals surface area contributed by atoms with E-state index in [0.29, 0.717) is 11.9 Å². The van der Waals surface area contributed by atoms with Crippen LogP contribution < -0.4 is 5.43 Å². The minimum Gasteiger partial charge on any atom is -0.350 e. The molecule has 0 fully saturated rings. The summed E-state index contributed by atoms with van der Waals surface area (Å²) in [5.41, 5.74) is 2.09. The van der Waals surface area contributed by atoms with Crippen LogP contribution in [0.4, 0.5) is 0 Å². The second-order valence-electron chi connectivity index (χ2n) is 7.20. The quantitative estimate of drug-likeness (QED) is 0.613. The zero-order valence-corrected chi connectivity index (χ0v) is 16.9. The van der Waals surface area contributed by atoms with Gasteiger partial charge in [0.2, 0.25) is 5.43 Å². The molecular weight excluding hydrogens is 348 g/mol. The van der Waals surface area contributed by atoms with Crippen LogP contribution in [0.1, 0.15) is 42.6 Å². The van der Waals surface area contributed by atoms with Gasteiger partial charge in [-0.15, -0.1) is 0 Å². The third kappa shape index (κ3) is 4.01. The predicted molar refractivity (Wildman–Crippen MR) is 115 cm³/mol. The van der Waals surface area contributed by atoms with Gasteiger partial charge in [-0.2, -0.15) is 0 Å². The topological polar surface area (TPSA) is 42.3 Å². The Morgan fingerprint density at radius 3 is 2.32 bits per heavy atom. The van der Waals surface area contributed by atoms with E-state index in [2.05, 4.69) is 26.0 Å². The van der Waals surface area contributed by atoms with Crippen molar-refractivity contribution in [1.29, 1.82) is 0 Å². The number of amides is 1. The summed E-state index contributed by atoms with van der Waals surface area (Å²) in [7, 11) is 1.88. The van der Waals surface area contributed by atoms with Gasteiger partial charge in [0.25, 0.3) is 5.91 Å². The third-order valence-electron chi connectivity index (χ3n) is 5.45. The van der Waals surface area contributed by atoms with Crippen molar-refractivity contribution in [3.63, 3.8) is 0 Å². The minimum atomic E-state index is -0.186. The fourth-order valence-corrected chi connectivity index (χ4v) is 3.82. The molecule has 4 heteroatoms. The van der Waals surface area contributed by atoms with Crippen LogP contribution in [0.2, 0.25) is 0 Å². The fraction of sp³-hybridized carbons (Fsp3) is 0.333. The van der Waals surface area contributed by atoms with Gasteiger partial charge in [-0.25, -0.2) is 0 Å². The molecule has 1 aromatic heterocycles. The second-order valence-corrected chi connectivity index (χ2v) is 7.20. The van der Waals surface area contributed by atoms with Gasteiger partial charge in [0, 0.05) is 31.2 Å². The number of nitrogens with zero attached hydrogens (tertiary/aromatic N) is 2. The number of para-hydroxylation sites is 1. The Labute approximate surface area is 166 Å². The molecule has 0 aliphatic heterocycles. The minimum absolute atomic E-state index is 0.118. The van der Waals surface area contributed by atoms with Crippen LogP contribution in [0.25, 0.3) is 10.9 Å². The molecule has 1 heterocycles. The average molecular weight is 377 g/mol. The molecule has 0 spiro atoms. The van der Waals surface area contributed by atoms with E-state index in [-0.39, 0.29) is 22.9 Å². The van der Waals surface area contributed by atoms with Crippen molar-refractivity contribution in [2.75, 3.05) is 6.54 Å². The lowest BCUT2D eigenvalue weighted by Gasteiger charge is -2.31. The standard InChI is InChI=1S/C24H28N2O2/c1-4-19(5-2)26(16-15-18-11-7-6-8-12-18)24(28)21-17-25(3)22-14-10-9-13-20(22)23(21)27/h6-14,17,19H,4-5,15-16H2,1-3H3. The number of hydrogen-bond acceptors (Lipinski definition) is 2. The van der Waals surface area contributed by atoms with Crippen LogP contribution in [0, 0.1) is 0 Å². The molecule has 0 unspecified atom stereocenters. The lowest BCUT2D eigenvalue weighted by Crippen LogP contribution is -2.43. The lowest BCUT2D eigenvalue weighted by molar-refractivity contribution is 0.0668. The van der Waals surface area contributed by atoms with Crippen LogP contribution >= 0.6 is 0 Å². The molecule has 0 saturated heterocycles. The van der Waals surface area contributed by atoms with Crippen LogP contribution in [-0.4, -0.2) is 28.0 Å². The van der Waals surface area contributed by atoms with Crippen LogP contribution in [0.15, 0.2) is 65.6 Å². The van der Waals surface area contributed by atoms with Gasteiger partial charge in [0.1, 0.15) is 5.56 Å². The Balaban J connectivity index is 1.98. The number of benzene rings is 2. The van der Waals surface area contributed by atoms with E-state index >= 15 is 0 Å². The molecule has 0 atom stereocenters. The SMILES string of the molecule is CCC(CC)N(CCc1ccccc1)C(=O)c1cn(C)c2ccccc2c1=O. The molecule has 0 saturated carbocycles. The first-order valence-corrected chi connectivity index (χ1v) is 10.00. The van der Waals surface area contributed by atoms with Crippen LogP contribution in [0.5, 0.6) is 0 Å². The van der Waals surface area contributed by atoms with Crippen molar-refractivity contribution in [2.45, 2.75) is 39.2 Å². The van der Waals surface area contributed by atoms with E-state index in [9.17, 15) is 9.59 Å². The Kier molecular flexibility index (Phi) is 6.30. The summed E-state index contributed by atoms with van der Waals surface area (Å²) in [4.78, 5) is 28.4. The summed E-state index contributed by atoms with van der Waals surface area (Å²) >= 11 is 0. The first-order valence-electron chi connectivity index (χ1n) is 10.00. The van der Waals surface area contributed by atoms with Crippen molar-refractivity contribution < 1.29 is 4.79 Å². The molecule has 0 radical (unpaired) electrons. The zero-order valence-electron chi connectivity index (χ0n) is 16.9. The number of carbonyl (C=O) groups excluding carboxylic acids is 1. The van der Waals surface area contributed by atoms with Crippen molar-refractivity contribution in [2.24, 2.45) is 7.05 Å². The molecule has 3 rings (SSSR count). The second kappa shape index (κ2) is 8.87. The summed E-state index contributed by atoms with van der Waals surface area (Å²) in [6, 6.07) is 17.7. The number of carbonyl (C=O) groups is 1. The summed E-state index contributed by atoms with van der Waals surface area (Å²) in [6.45, 7) is 4.79. The van der Waals surface area contributed by atoms with Crippen molar-refractivity contribution >= 4 is 16.8 Å². The van der Waals surface area contributed by atoms with Gasteiger partial charge in [-0.3, -0.25) is 9.59 Å². The first kappa shape index (κ1) is 19.9. The fourth-order valence-electron chi connectivity index (χ4n) is 3.82. The number of aromatic nitrogens is 1. The Bertz CT molecular complexity index is 1000. The Morgan fingerprint density at radius 1 is 1.00 bits per heavy atom. The number of fused-ring (bicyclic) bond motifs is 1. The van der Waals surface area contributed by atoms with E-state index in [0.717, 1.165) is 24.8 Å². The summed E-state index contributed by atoms with van der Waals surface area (Å²) < 4.78 is 1.87. The van der Waals surface area contributed by atoms with E-state index in [4.69, 9.17) is 0 Å². The maximum atomic E-state index is 13.5. The molecule has 0 N–H and O–H groups in total. The highest BCUT2D eigenvalue weighted by Gasteiger charge is 2.25. The molecule has 0 bridgehead atoms. The van der Waals surface area contributed by atoms with Gasteiger partial charge in [-0.05, 0) is 37.0 Å². The number of aryl methyl sites for hydroxylation is 1. The van der Waals surface area contributed by atoms with Crippen molar-refractivity contribution in [3.8, 4) is 0 Å². The molecule has 146 valence electrons. The van der Waals surface area contributed by atoms with Gasteiger partial charge in [-0.1, -0.05) is 56.3 Å². The molecular formula is C24H28N2O2. The number of hydrogen-bond donors (Lipinski definition) is 0. The molecule has 2 aromatic carbocycles. The van der Waals surface area contributed by atoms with Gasteiger partial charge >= 0.3 is 0 Å². The van der Waals surface area contributed by atoms with Crippen molar-refractivity contribution in [1.82, 2.24) is 9.47 Å². The Morgan fingerprint density at radius 2 is 1.64 bits per heavy atom. The van der Waals surface area contributed by atoms with Gasteiger partial charge in [0.15, 0.2) is 0 Å².